The Kier molecular flexibility index (Phi) is 2.67. The zero-order chi connectivity index (χ0) is 12.7. The number of nitrogens with zero attached hydrogens (tertiary/aromatic N) is 2. The van der Waals surface area contributed by atoms with Gasteiger partial charge in [-0.3, -0.25) is 0 Å². The largest absolute Gasteiger partial charge is 0.331 e. The fourth-order valence-electron chi connectivity index (χ4n) is 2.48. The minimum Gasteiger partial charge on any atom is -0.331 e. The molecule has 3 nitrogen and oxygen atoms in total. The summed E-state index contributed by atoms with van der Waals surface area (Å²) in [6.07, 6.45) is 1.32. The monoisotopic (exact) mass is 245 g/mol. The second-order valence-corrected chi connectivity index (χ2v) is 4.92. The fourth-order valence-corrected chi connectivity index (χ4v) is 2.48. The van der Waals surface area contributed by atoms with Gasteiger partial charge in [0.25, 0.3) is 0 Å². The zero-order valence-corrected chi connectivity index (χ0v) is 10.3. The standard InChI is InChI=1S/C14H16FN3/c1-9-2-4-10(5-3-9)13(16)14-12-6-11(15)7-18(12)8-17-14/h2-5,8,11,13H,6-7,16H2,1H3/t11-,13?/m1/s1. The third-order valence-corrected chi connectivity index (χ3v) is 3.52. The summed E-state index contributed by atoms with van der Waals surface area (Å²) >= 11 is 0. The number of halogens is 1. The fraction of sp³-hybridized carbons (Fsp3) is 0.357. The van der Waals surface area contributed by atoms with E-state index in [9.17, 15) is 4.39 Å². The molecule has 1 aliphatic heterocycles. The van der Waals surface area contributed by atoms with Gasteiger partial charge in [0, 0.05) is 12.1 Å². The molecule has 0 bridgehead atoms. The molecule has 2 aromatic rings. The lowest BCUT2D eigenvalue weighted by molar-refractivity contribution is 0.328. The van der Waals surface area contributed by atoms with Crippen molar-refractivity contribution in [1.82, 2.24) is 9.55 Å². The van der Waals surface area contributed by atoms with Crippen LogP contribution in [0.4, 0.5) is 4.39 Å². The van der Waals surface area contributed by atoms with Crippen molar-refractivity contribution in [3.05, 3.63) is 53.1 Å². The van der Waals surface area contributed by atoms with Crippen molar-refractivity contribution >= 4 is 0 Å². The number of hydrogen-bond acceptors (Lipinski definition) is 2. The lowest BCUT2D eigenvalue weighted by Crippen LogP contribution is -2.14. The number of imidazole rings is 1. The molecule has 1 aromatic carbocycles. The Morgan fingerprint density at radius 3 is 2.83 bits per heavy atom. The first-order valence-electron chi connectivity index (χ1n) is 6.15. The molecule has 0 saturated carbocycles. The quantitative estimate of drug-likeness (QED) is 0.881. The second kappa shape index (κ2) is 4.21. The van der Waals surface area contributed by atoms with Crippen molar-refractivity contribution < 1.29 is 4.39 Å². The van der Waals surface area contributed by atoms with Crippen LogP contribution in [0, 0.1) is 6.92 Å². The minimum absolute atomic E-state index is 0.271. The maximum Gasteiger partial charge on any atom is 0.123 e. The van der Waals surface area contributed by atoms with Crippen LogP contribution >= 0.6 is 0 Å². The van der Waals surface area contributed by atoms with Crippen LogP contribution in [0.15, 0.2) is 30.6 Å². The Morgan fingerprint density at radius 1 is 1.39 bits per heavy atom. The normalized spacial score (nSPS) is 19.8. The molecular formula is C14H16FN3. The Labute approximate surface area is 105 Å². The van der Waals surface area contributed by atoms with Gasteiger partial charge >= 0.3 is 0 Å². The molecule has 1 aromatic heterocycles. The van der Waals surface area contributed by atoms with Gasteiger partial charge < -0.3 is 10.3 Å². The van der Waals surface area contributed by atoms with Gasteiger partial charge in [0.2, 0.25) is 0 Å². The predicted molar refractivity (Wildman–Crippen MR) is 68.0 cm³/mol. The van der Waals surface area contributed by atoms with E-state index in [4.69, 9.17) is 5.73 Å². The smallest absolute Gasteiger partial charge is 0.123 e. The van der Waals surface area contributed by atoms with Gasteiger partial charge in [0.1, 0.15) is 6.17 Å². The van der Waals surface area contributed by atoms with E-state index in [1.54, 1.807) is 6.33 Å². The number of alkyl halides is 1. The molecule has 3 rings (SSSR count). The van der Waals surface area contributed by atoms with Crippen molar-refractivity contribution in [2.75, 3.05) is 0 Å². The van der Waals surface area contributed by atoms with Gasteiger partial charge in [-0.15, -0.1) is 0 Å². The van der Waals surface area contributed by atoms with Crippen LogP contribution in [0.3, 0.4) is 0 Å². The first kappa shape index (κ1) is 11.4. The van der Waals surface area contributed by atoms with Gasteiger partial charge in [-0.2, -0.15) is 0 Å². The number of rotatable bonds is 2. The number of aryl methyl sites for hydroxylation is 1. The average molecular weight is 245 g/mol. The highest BCUT2D eigenvalue weighted by molar-refractivity contribution is 5.33. The molecule has 0 saturated heterocycles. The van der Waals surface area contributed by atoms with Crippen LogP contribution in [0.25, 0.3) is 0 Å². The molecule has 1 aliphatic rings. The van der Waals surface area contributed by atoms with E-state index in [1.165, 1.54) is 5.56 Å². The van der Waals surface area contributed by atoms with E-state index < -0.39 is 6.17 Å². The summed E-state index contributed by atoms with van der Waals surface area (Å²) in [5, 5.41) is 0. The highest BCUT2D eigenvalue weighted by Crippen LogP contribution is 2.27. The topological polar surface area (TPSA) is 43.8 Å². The van der Waals surface area contributed by atoms with Gasteiger partial charge in [0.15, 0.2) is 0 Å². The molecular weight excluding hydrogens is 229 g/mol. The Morgan fingerprint density at radius 2 is 2.11 bits per heavy atom. The lowest BCUT2D eigenvalue weighted by Gasteiger charge is -2.11. The predicted octanol–water partition coefficient (Wildman–Crippen LogP) is 2.13. The summed E-state index contributed by atoms with van der Waals surface area (Å²) < 4.78 is 15.2. The summed E-state index contributed by atoms with van der Waals surface area (Å²) in [5.74, 6) is 0. The average Bonchev–Trinajstić information content (AvgIpc) is 2.88. The summed E-state index contributed by atoms with van der Waals surface area (Å²) in [4.78, 5) is 4.34. The second-order valence-electron chi connectivity index (χ2n) is 4.92. The van der Waals surface area contributed by atoms with Gasteiger partial charge in [-0.1, -0.05) is 29.8 Å². The molecule has 18 heavy (non-hydrogen) atoms. The molecule has 94 valence electrons. The third kappa shape index (κ3) is 1.82. The molecule has 2 N–H and O–H groups in total. The number of benzene rings is 1. The molecule has 2 heterocycles. The van der Waals surface area contributed by atoms with E-state index in [-0.39, 0.29) is 6.04 Å². The molecule has 2 atom stereocenters. The SMILES string of the molecule is Cc1ccc(C(N)c2ncn3c2C[C@@H](F)C3)cc1. The van der Waals surface area contributed by atoms with Gasteiger partial charge in [-0.25, -0.2) is 9.37 Å². The molecule has 1 unspecified atom stereocenters. The Bertz CT molecular complexity index is 559. The van der Waals surface area contributed by atoms with Crippen molar-refractivity contribution in [2.45, 2.75) is 32.1 Å². The summed E-state index contributed by atoms with van der Waals surface area (Å²) in [6, 6.07) is 7.81. The van der Waals surface area contributed by atoms with Crippen molar-refractivity contribution in [3.63, 3.8) is 0 Å². The van der Waals surface area contributed by atoms with E-state index in [1.807, 2.05) is 35.8 Å². The number of fused-ring (bicyclic) bond motifs is 1. The molecule has 0 amide bonds. The van der Waals surface area contributed by atoms with E-state index >= 15 is 0 Å². The van der Waals surface area contributed by atoms with Crippen LogP contribution in [0.2, 0.25) is 0 Å². The molecule has 0 aliphatic carbocycles. The van der Waals surface area contributed by atoms with Crippen molar-refractivity contribution in [2.24, 2.45) is 5.73 Å². The first-order chi connectivity index (χ1) is 8.65. The van der Waals surface area contributed by atoms with E-state index in [0.29, 0.717) is 13.0 Å². The summed E-state index contributed by atoms with van der Waals surface area (Å²) in [5.41, 5.74) is 10.2. The van der Waals surface area contributed by atoms with Gasteiger partial charge in [0.05, 0.1) is 24.6 Å². The van der Waals surface area contributed by atoms with Crippen molar-refractivity contribution in [1.29, 1.82) is 0 Å². The number of aromatic nitrogens is 2. The Hall–Kier alpha value is -1.68. The van der Waals surface area contributed by atoms with E-state index in [2.05, 4.69) is 4.98 Å². The molecule has 0 spiro atoms. The first-order valence-corrected chi connectivity index (χ1v) is 6.15. The highest BCUT2D eigenvalue weighted by atomic mass is 19.1. The van der Waals surface area contributed by atoms with E-state index in [0.717, 1.165) is 17.0 Å². The maximum atomic E-state index is 13.4. The summed E-state index contributed by atoms with van der Waals surface area (Å²) in [7, 11) is 0. The van der Waals surface area contributed by atoms with Crippen LogP contribution in [0.1, 0.15) is 28.6 Å². The zero-order valence-electron chi connectivity index (χ0n) is 10.3. The lowest BCUT2D eigenvalue weighted by atomic mass is 10.0. The summed E-state index contributed by atoms with van der Waals surface area (Å²) in [6.45, 7) is 2.44. The van der Waals surface area contributed by atoms with Gasteiger partial charge in [-0.05, 0) is 12.5 Å². The van der Waals surface area contributed by atoms with Crippen LogP contribution in [-0.2, 0) is 13.0 Å². The third-order valence-electron chi connectivity index (χ3n) is 3.52. The molecule has 0 fully saturated rings. The van der Waals surface area contributed by atoms with Crippen LogP contribution in [0.5, 0.6) is 0 Å². The Balaban J connectivity index is 1.94. The molecule has 0 radical (unpaired) electrons. The number of nitrogens with two attached hydrogens (primary N) is 1. The maximum absolute atomic E-state index is 13.4. The number of hydrogen-bond donors (Lipinski definition) is 1. The highest BCUT2D eigenvalue weighted by Gasteiger charge is 2.27. The molecule has 4 heteroatoms. The van der Waals surface area contributed by atoms with Crippen molar-refractivity contribution in [3.8, 4) is 0 Å². The van der Waals surface area contributed by atoms with Crippen LogP contribution in [-0.4, -0.2) is 15.7 Å². The van der Waals surface area contributed by atoms with Crippen LogP contribution < -0.4 is 5.73 Å². The minimum atomic E-state index is -0.799.